The molecule has 1 rings (SSSR count). The van der Waals surface area contributed by atoms with Crippen molar-refractivity contribution in [2.24, 2.45) is 0 Å². The van der Waals surface area contributed by atoms with Gasteiger partial charge in [0.2, 0.25) is 0 Å². The second-order valence-corrected chi connectivity index (χ2v) is 3.27. The maximum atomic E-state index is 11.8. The van der Waals surface area contributed by atoms with Gasteiger partial charge >= 0.3 is 6.18 Å². The molecule has 7 heteroatoms. The number of carbonyl (C=O) groups excluding carboxylic acids is 1. The molecule has 0 fully saturated rings. The zero-order valence-corrected chi connectivity index (χ0v) is 8.99. The van der Waals surface area contributed by atoms with E-state index in [1.165, 1.54) is 19.2 Å². The average molecular weight is 248 g/mol. The maximum absolute atomic E-state index is 11.8. The van der Waals surface area contributed by atoms with Gasteiger partial charge in [-0.05, 0) is 19.1 Å². The van der Waals surface area contributed by atoms with Crippen molar-refractivity contribution in [1.29, 1.82) is 0 Å². The molecule has 1 heterocycles. The quantitative estimate of drug-likeness (QED) is 0.886. The molecule has 0 aliphatic rings. The summed E-state index contributed by atoms with van der Waals surface area (Å²) in [7, 11) is 0. The Labute approximate surface area is 95.8 Å². The van der Waals surface area contributed by atoms with E-state index in [2.05, 4.69) is 15.0 Å². The fourth-order valence-electron chi connectivity index (χ4n) is 0.960. The van der Waals surface area contributed by atoms with Gasteiger partial charge in [0.05, 0.1) is 0 Å². The molecular weight excluding hydrogens is 237 g/mol. The minimum absolute atomic E-state index is 0.264. The lowest BCUT2D eigenvalue weighted by atomic mass is 10.3. The molecule has 17 heavy (non-hydrogen) atoms. The van der Waals surface area contributed by atoms with Gasteiger partial charge < -0.3 is 10.1 Å². The zero-order valence-electron chi connectivity index (χ0n) is 8.99. The summed E-state index contributed by atoms with van der Waals surface area (Å²) in [5, 5.41) is 2.34. The Hall–Kier alpha value is -1.63. The summed E-state index contributed by atoms with van der Waals surface area (Å²) in [6, 6.07) is 4.82. The highest BCUT2D eigenvalue weighted by Crippen LogP contribution is 2.15. The molecule has 4 nitrogen and oxygen atoms in total. The second-order valence-electron chi connectivity index (χ2n) is 3.27. The van der Waals surface area contributed by atoms with Gasteiger partial charge in [-0.1, -0.05) is 6.07 Å². The molecule has 0 radical (unpaired) electrons. The number of halogens is 3. The van der Waals surface area contributed by atoms with Gasteiger partial charge in [-0.2, -0.15) is 13.2 Å². The van der Waals surface area contributed by atoms with Crippen molar-refractivity contribution in [3.63, 3.8) is 0 Å². The molecule has 1 amide bonds. The summed E-state index contributed by atoms with van der Waals surface area (Å²) in [5.41, 5.74) is 0. The van der Waals surface area contributed by atoms with Gasteiger partial charge in [-0.15, -0.1) is 0 Å². The van der Waals surface area contributed by atoms with E-state index in [-0.39, 0.29) is 5.82 Å². The topological polar surface area (TPSA) is 51.2 Å². The third-order valence-electron chi connectivity index (χ3n) is 1.78. The number of carbonyl (C=O) groups is 1. The van der Waals surface area contributed by atoms with Crippen LogP contribution in [0.25, 0.3) is 0 Å². The number of anilines is 1. The first-order valence-corrected chi connectivity index (χ1v) is 4.79. The normalized spacial score (nSPS) is 13.2. The first-order valence-electron chi connectivity index (χ1n) is 4.79. The van der Waals surface area contributed by atoms with E-state index < -0.39 is 24.8 Å². The smallest absolute Gasteiger partial charge is 0.359 e. The van der Waals surface area contributed by atoms with E-state index in [0.717, 1.165) is 0 Å². The van der Waals surface area contributed by atoms with Crippen LogP contribution in [-0.2, 0) is 9.53 Å². The fourth-order valence-corrected chi connectivity index (χ4v) is 0.960. The van der Waals surface area contributed by atoms with Crippen molar-refractivity contribution in [2.45, 2.75) is 19.2 Å². The van der Waals surface area contributed by atoms with E-state index in [0.29, 0.717) is 0 Å². The maximum Gasteiger partial charge on any atom is 0.411 e. The van der Waals surface area contributed by atoms with Gasteiger partial charge in [0.1, 0.15) is 18.5 Å². The molecule has 1 aromatic rings. The molecule has 0 aliphatic carbocycles. The molecule has 0 aliphatic heterocycles. The lowest BCUT2D eigenvalue weighted by Crippen LogP contribution is -2.31. The van der Waals surface area contributed by atoms with Gasteiger partial charge in [-0.25, -0.2) is 4.98 Å². The average Bonchev–Trinajstić information content (AvgIpc) is 2.26. The number of alkyl halides is 3. The molecule has 1 N–H and O–H groups in total. The lowest BCUT2D eigenvalue weighted by molar-refractivity contribution is -0.184. The lowest BCUT2D eigenvalue weighted by Gasteiger charge is -2.14. The minimum atomic E-state index is -4.44. The summed E-state index contributed by atoms with van der Waals surface area (Å²) in [6.45, 7) is -0.214. The Balaban J connectivity index is 2.43. The highest BCUT2D eigenvalue weighted by molar-refractivity contribution is 5.92. The summed E-state index contributed by atoms with van der Waals surface area (Å²) in [6.07, 6.45) is -4.19. The number of aromatic nitrogens is 1. The Kier molecular flexibility index (Phi) is 4.45. The van der Waals surface area contributed by atoms with Crippen LogP contribution in [0.1, 0.15) is 6.92 Å². The van der Waals surface area contributed by atoms with E-state index >= 15 is 0 Å². The van der Waals surface area contributed by atoms with Crippen molar-refractivity contribution in [2.75, 3.05) is 11.9 Å². The number of hydrogen-bond donors (Lipinski definition) is 1. The Morgan fingerprint density at radius 1 is 1.53 bits per heavy atom. The number of pyridine rings is 1. The van der Waals surface area contributed by atoms with E-state index in [1.807, 2.05) is 0 Å². The Bertz CT molecular complexity index is 368. The number of ether oxygens (including phenoxy) is 1. The molecule has 1 atom stereocenters. The van der Waals surface area contributed by atoms with Crippen molar-refractivity contribution >= 4 is 11.7 Å². The Morgan fingerprint density at radius 3 is 2.76 bits per heavy atom. The van der Waals surface area contributed by atoms with Crippen molar-refractivity contribution in [1.82, 2.24) is 4.98 Å². The van der Waals surface area contributed by atoms with Crippen molar-refractivity contribution in [3.8, 4) is 0 Å². The minimum Gasteiger partial charge on any atom is -0.359 e. The first-order chi connectivity index (χ1) is 7.88. The molecular formula is C10H11F3N2O2. The van der Waals surface area contributed by atoms with Crippen LogP contribution in [0.5, 0.6) is 0 Å². The predicted octanol–water partition coefficient (Wildman–Crippen LogP) is 1.99. The molecule has 1 aromatic heterocycles. The third-order valence-corrected chi connectivity index (χ3v) is 1.78. The van der Waals surface area contributed by atoms with Crippen LogP contribution in [0.4, 0.5) is 19.0 Å². The Morgan fingerprint density at radius 2 is 2.24 bits per heavy atom. The monoisotopic (exact) mass is 248 g/mol. The van der Waals surface area contributed by atoms with Crippen LogP contribution in [0, 0.1) is 0 Å². The van der Waals surface area contributed by atoms with E-state index in [4.69, 9.17) is 0 Å². The molecule has 0 bridgehead atoms. The molecule has 0 saturated heterocycles. The van der Waals surface area contributed by atoms with Gasteiger partial charge in [-0.3, -0.25) is 4.79 Å². The van der Waals surface area contributed by atoms with E-state index in [1.54, 1.807) is 12.1 Å². The van der Waals surface area contributed by atoms with Crippen LogP contribution in [0.2, 0.25) is 0 Å². The zero-order chi connectivity index (χ0) is 12.9. The van der Waals surface area contributed by atoms with Crippen LogP contribution >= 0.6 is 0 Å². The van der Waals surface area contributed by atoms with Crippen molar-refractivity contribution in [3.05, 3.63) is 24.4 Å². The molecule has 0 aromatic carbocycles. The summed E-state index contributed by atoms with van der Waals surface area (Å²) in [5.74, 6) is -0.409. The number of rotatable bonds is 4. The molecule has 0 unspecified atom stereocenters. The molecule has 0 spiro atoms. The van der Waals surface area contributed by atoms with Crippen LogP contribution in [0.15, 0.2) is 24.4 Å². The largest absolute Gasteiger partial charge is 0.411 e. The summed E-state index contributed by atoms with van der Waals surface area (Å²) < 4.78 is 39.9. The number of nitrogens with one attached hydrogen (secondary N) is 1. The number of nitrogens with zero attached hydrogens (tertiary/aromatic N) is 1. The molecule has 94 valence electrons. The summed E-state index contributed by atoms with van der Waals surface area (Å²) >= 11 is 0. The number of hydrogen-bond acceptors (Lipinski definition) is 3. The SMILES string of the molecule is C[C@H](OCC(F)(F)F)C(=O)Nc1ccccn1. The fraction of sp³-hybridized carbons (Fsp3) is 0.400. The molecule has 0 saturated carbocycles. The van der Waals surface area contributed by atoms with Crippen LogP contribution < -0.4 is 5.32 Å². The predicted molar refractivity (Wildman–Crippen MR) is 54.3 cm³/mol. The van der Waals surface area contributed by atoms with Gasteiger partial charge in [0.15, 0.2) is 0 Å². The standard InChI is InChI=1S/C10H11F3N2O2/c1-7(17-6-10(11,12)13)9(16)15-8-4-2-3-5-14-8/h2-5,7H,6H2,1H3,(H,14,15,16)/t7-/m0/s1. The van der Waals surface area contributed by atoms with Crippen LogP contribution in [0.3, 0.4) is 0 Å². The van der Waals surface area contributed by atoms with Crippen LogP contribution in [-0.4, -0.2) is 29.8 Å². The summed E-state index contributed by atoms with van der Waals surface area (Å²) in [4.78, 5) is 15.2. The van der Waals surface area contributed by atoms with Crippen molar-refractivity contribution < 1.29 is 22.7 Å². The third kappa shape index (κ3) is 5.30. The highest BCUT2D eigenvalue weighted by atomic mass is 19.4. The van der Waals surface area contributed by atoms with Gasteiger partial charge in [0, 0.05) is 6.20 Å². The van der Waals surface area contributed by atoms with Gasteiger partial charge in [0.25, 0.3) is 5.91 Å². The van der Waals surface area contributed by atoms with E-state index in [9.17, 15) is 18.0 Å². The number of amides is 1. The highest BCUT2D eigenvalue weighted by Gasteiger charge is 2.29. The second kappa shape index (κ2) is 5.62. The first kappa shape index (κ1) is 13.4.